The Kier molecular flexibility index (Phi) is 2.31. The summed E-state index contributed by atoms with van der Waals surface area (Å²) >= 11 is 0. The van der Waals surface area contributed by atoms with E-state index in [0.717, 1.165) is 18.7 Å². The summed E-state index contributed by atoms with van der Waals surface area (Å²) in [6, 6.07) is 0.101. The van der Waals surface area contributed by atoms with Crippen molar-refractivity contribution in [1.29, 1.82) is 0 Å². The minimum Gasteiger partial charge on any atom is -0.322 e. The zero-order valence-corrected chi connectivity index (χ0v) is 8.90. The predicted octanol–water partition coefficient (Wildman–Crippen LogP) is 1.49. The molecule has 78 valence electrons. The molecule has 1 aliphatic carbocycles. The minimum atomic E-state index is 0.101. The van der Waals surface area contributed by atoms with E-state index in [2.05, 4.69) is 24.2 Å². The van der Waals surface area contributed by atoms with E-state index in [4.69, 9.17) is 5.73 Å². The molecule has 1 atom stereocenters. The van der Waals surface area contributed by atoms with Crippen LogP contribution >= 0.6 is 0 Å². The molecule has 1 unspecified atom stereocenters. The van der Waals surface area contributed by atoms with E-state index in [1.807, 2.05) is 10.9 Å². The van der Waals surface area contributed by atoms with Crippen LogP contribution in [0.3, 0.4) is 0 Å². The van der Waals surface area contributed by atoms with Crippen molar-refractivity contribution in [1.82, 2.24) is 15.0 Å². The highest BCUT2D eigenvalue weighted by atomic mass is 15.4. The van der Waals surface area contributed by atoms with E-state index in [1.165, 1.54) is 12.8 Å². The van der Waals surface area contributed by atoms with Gasteiger partial charge in [-0.1, -0.05) is 19.1 Å². The lowest BCUT2D eigenvalue weighted by atomic mass is 9.97. The molecule has 1 aromatic heterocycles. The zero-order valence-electron chi connectivity index (χ0n) is 8.90. The quantitative estimate of drug-likeness (QED) is 0.790. The fourth-order valence-corrected chi connectivity index (χ4v) is 1.76. The van der Waals surface area contributed by atoms with Gasteiger partial charge in [0.05, 0.1) is 17.9 Å². The lowest BCUT2D eigenvalue weighted by Crippen LogP contribution is -2.23. The van der Waals surface area contributed by atoms with Crippen molar-refractivity contribution in [2.45, 2.75) is 45.7 Å². The molecule has 14 heavy (non-hydrogen) atoms. The van der Waals surface area contributed by atoms with Crippen molar-refractivity contribution in [3.05, 3.63) is 11.9 Å². The molecule has 0 bridgehead atoms. The largest absolute Gasteiger partial charge is 0.322 e. The molecule has 0 radical (unpaired) electrons. The molecule has 4 heteroatoms. The molecule has 4 nitrogen and oxygen atoms in total. The number of hydrogen-bond donors (Lipinski definition) is 1. The van der Waals surface area contributed by atoms with Crippen molar-refractivity contribution >= 4 is 0 Å². The normalized spacial score (nSPS) is 20.8. The molecule has 1 aromatic rings. The van der Waals surface area contributed by atoms with Gasteiger partial charge in [-0.3, -0.25) is 0 Å². The Bertz CT molecular complexity index is 314. The SMILES string of the molecule is CCCn1nncc1C(N)C1(C)CC1. The average molecular weight is 194 g/mol. The maximum absolute atomic E-state index is 6.21. The smallest absolute Gasteiger partial charge is 0.0759 e. The van der Waals surface area contributed by atoms with Gasteiger partial charge in [0.1, 0.15) is 0 Å². The third-order valence-electron chi connectivity index (χ3n) is 3.19. The second-order valence-electron chi connectivity index (χ2n) is 4.51. The molecule has 1 saturated carbocycles. The van der Waals surface area contributed by atoms with Crippen LogP contribution in [0.1, 0.15) is 44.8 Å². The topological polar surface area (TPSA) is 56.7 Å². The Morgan fingerprint density at radius 3 is 2.93 bits per heavy atom. The molecule has 1 fully saturated rings. The predicted molar refractivity (Wildman–Crippen MR) is 54.6 cm³/mol. The number of nitrogens with two attached hydrogens (primary N) is 1. The van der Waals surface area contributed by atoms with Crippen LogP contribution in [0.25, 0.3) is 0 Å². The summed E-state index contributed by atoms with van der Waals surface area (Å²) in [5, 5.41) is 7.99. The van der Waals surface area contributed by atoms with Crippen LogP contribution in [-0.2, 0) is 6.54 Å². The second-order valence-corrected chi connectivity index (χ2v) is 4.51. The highest BCUT2D eigenvalue weighted by Crippen LogP contribution is 2.53. The van der Waals surface area contributed by atoms with Crippen LogP contribution in [0.4, 0.5) is 0 Å². The molecule has 0 aromatic carbocycles. The highest BCUT2D eigenvalue weighted by molar-refractivity contribution is 5.11. The molecule has 2 rings (SSSR count). The summed E-state index contributed by atoms with van der Waals surface area (Å²) in [6.07, 6.45) is 5.33. The highest BCUT2D eigenvalue weighted by Gasteiger charge is 2.44. The van der Waals surface area contributed by atoms with Gasteiger partial charge in [0.25, 0.3) is 0 Å². The molecule has 0 saturated heterocycles. The van der Waals surface area contributed by atoms with E-state index in [-0.39, 0.29) is 6.04 Å². The monoisotopic (exact) mass is 194 g/mol. The minimum absolute atomic E-state index is 0.101. The van der Waals surface area contributed by atoms with E-state index in [1.54, 1.807) is 0 Å². The van der Waals surface area contributed by atoms with Gasteiger partial charge in [0.2, 0.25) is 0 Å². The number of aryl methyl sites for hydroxylation is 1. The summed E-state index contributed by atoms with van der Waals surface area (Å²) in [4.78, 5) is 0. The van der Waals surface area contributed by atoms with Gasteiger partial charge in [0.15, 0.2) is 0 Å². The molecule has 1 heterocycles. The van der Waals surface area contributed by atoms with Crippen LogP contribution in [0.5, 0.6) is 0 Å². The lowest BCUT2D eigenvalue weighted by Gasteiger charge is -2.18. The van der Waals surface area contributed by atoms with E-state index in [9.17, 15) is 0 Å². The molecule has 0 spiro atoms. The summed E-state index contributed by atoms with van der Waals surface area (Å²) < 4.78 is 1.94. The van der Waals surface area contributed by atoms with E-state index >= 15 is 0 Å². The van der Waals surface area contributed by atoms with Crippen LogP contribution in [-0.4, -0.2) is 15.0 Å². The number of nitrogens with zero attached hydrogens (tertiary/aromatic N) is 3. The molecule has 0 aliphatic heterocycles. The van der Waals surface area contributed by atoms with Gasteiger partial charge in [-0.05, 0) is 24.7 Å². The first kappa shape index (κ1) is 9.65. The van der Waals surface area contributed by atoms with Gasteiger partial charge in [0, 0.05) is 6.54 Å². The summed E-state index contributed by atoms with van der Waals surface area (Å²) in [5.74, 6) is 0. The van der Waals surface area contributed by atoms with Gasteiger partial charge in [-0.25, -0.2) is 4.68 Å². The first-order valence-electron chi connectivity index (χ1n) is 5.31. The zero-order chi connectivity index (χ0) is 10.2. The van der Waals surface area contributed by atoms with Gasteiger partial charge in [-0.2, -0.15) is 0 Å². The maximum atomic E-state index is 6.21. The third kappa shape index (κ3) is 1.54. The number of hydrogen-bond acceptors (Lipinski definition) is 3. The van der Waals surface area contributed by atoms with Crippen molar-refractivity contribution in [2.75, 3.05) is 0 Å². The van der Waals surface area contributed by atoms with Crippen molar-refractivity contribution in [3.63, 3.8) is 0 Å². The van der Waals surface area contributed by atoms with Gasteiger partial charge >= 0.3 is 0 Å². The Hall–Kier alpha value is -0.900. The molecule has 0 amide bonds. The Morgan fingerprint density at radius 2 is 2.36 bits per heavy atom. The second kappa shape index (κ2) is 3.35. The van der Waals surface area contributed by atoms with E-state index < -0.39 is 0 Å². The summed E-state index contributed by atoms with van der Waals surface area (Å²) in [6.45, 7) is 5.29. The van der Waals surface area contributed by atoms with Crippen LogP contribution in [0.2, 0.25) is 0 Å². The standard InChI is InChI=1S/C10H18N4/c1-3-6-14-8(7-12-13-14)9(11)10(2)4-5-10/h7,9H,3-6,11H2,1-2H3. The molecular formula is C10H18N4. The fourth-order valence-electron chi connectivity index (χ4n) is 1.76. The number of rotatable bonds is 4. The summed E-state index contributed by atoms with van der Waals surface area (Å²) in [5.41, 5.74) is 7.60. The third-order valence-corrected chi connectivity index (χ3v) is 3.19. The Morgan fingerprint density at radius 1 is 1.64 bits per heavy atom. The summed E-state index contributed by atoms with van der Waals surface area (Å²) in [7, 11) is 0. The van der Waals surface area contributed by atoms with Crippen molar-refractivity contribution in [2.24, 2.45) is 11.1 Å². The van der Waals surface area contributed by atoms with Crippen molar-refractivity contribution < 1.29 is 0 Å². The van der Waals surface area contributed by atoms with Crippen LogP contribution < -0.4 is 5.73 Å². The Labute approximate surface area is 84.5 Å². The lowest BCUT2D eigenvalue weighted by molar-refractivity contribution is 0.411. The first-order chi connectivity index (χ1) is 6.67. The molecule has 2 N–H and O–H groups in total. The molecular weight excluding hydrogens is 176 g/mol. The molecule has 1 aliphatic rings. The average Bonchev–Trinajstić information content (AvgIpc) is 2.76. The van der Waals surface area contributed by atoms with Crippen LogP contribution in [0, 0.1) is 5.41 Å². The first-order valence-corrected chi connectivity index (χ1v) is 5.31. The number of aromatic nitrogens is 3. The van der Waals surface area contributed by atoms with Crippen molar-refractivity contribution in [3.8, 4) is 0 Å². The van der Waals surface area contributed by atoms with Gasteiger partial charge < -0.3 is 5.73 Å². The maximum Gasteiger partial charge on any atom is 0.0759 e. The van der Waals surface area contributed by atoms with Gasteiger partial charge in [-0.15, -0.1) is 5.10 Å². The fraction of sp³-hybridized carbons (Fsp3) is 0.800. The van der Waals surface area contributed by atoms with Crippen LogP contribution in [0.15, 0.2) is 6.20 Å². The van der Waals surface area contributed by atoms with E-state index in [0.29, 0.717) is 5.41 Å². The Balaban J connectivity index is 2.18.